The van der Waals surface area contributed by atoms with Gasteiger partial charge in [-0.1, -0.05) is 6.07 Å². The number of carbonyl (C=O) groups is 1. The summed E-state index contributed by atoms with van der Waals surface area (Å²) in [6.07, 6.45) is 3.64. The number of piperidine rings is 1. The van der Waals surface area contributed by atoms with E-state index >= 15 is 0 Å². The van der Waals surface area contributed by atoms with E-state index in [1.165, 1.54) is 11.1 Å². The molecular formula is C18H21NO3. The van der Waals surface area contributed by atoms with Gasteiger partial charge in [-0.15, -0.1) is 0 Å². The van der Waals surface area contributed by atoms with Crippen molar-refractivity contribution in [3.05, 3.63) is 23.3 Å². The van der Waals surface area contributed by atoms with Crippen molar-refractivity contribution in [1.29, 1.82) is 0 Å². The largest absolute Gasteiger partial charge is 0.493 e. The van der Waals surface area contributed by atoms with Gasteiger partial charge in [0.25, 0.3) is 0 Å². The number of hydrogen-bond acceptors (Lipinski definition) is 4. The number of carbonyl (C=O) groups excluding carboxylic acids is 1. The van der Waals surface area contributed by atoms with E-state index in [0.717, 1.165) is 37.3 Å². The van der Waals surface area contributed by atoms with Crippen LogP contribution in [-0.4, -0.2) is 43.5 Å². The Hall–Kier alpha value is -1.55. The second-order valence-corrected chi connectivity index (χ2v) is 7.26. The molecule has 4 heteroatoms. The van der Waals surface area contributed by atoms with Gasteiger partial charge in [0.05, 0.1) is 7.11 Å². The van der Waals surface area contributed by atoms with Crippen LogP contribution >= 0.6 is 0 Å². The zero-order chi connectivity index (χ0) is 15.1. The van der Waals surface area contributed by atoms with Crippen molar-refractivity contribution in [2.75, 3.05) is 20.7 Å². The van der Waals surface area contributed by atoms with E-state index in [2.05, 4.69) is 18.0 Å². The molecule has 2 heterocycles. The molecule has 4 nitrogen and oxygen atoms in total. The van der Waals surface area contributed by atoms with Crippen molar-refractivity contribution in [2.45, 2.75) is 43.2 Å². The summed E-state index contributed by atoms with van der Waals surface area (Å²) in [5, 5.41) is 0. The van der Waals surface area contributed by atoms with Gasteiger partial charge in [-0.05, 0) is 44.5 Å². The first kappa shape index (κ1) is 12.9. The highest BCUT2D eigenvalue weighted by Crippen LogP contribution is 2.62. The fraction of sp³-hybridized carbons (Fsp3) is 0.611. The summed E-state index contributed by atoms with van der Waals surface area (Å²) in [6.45, 7) is 1.05. The van der Waals surface area contributed by atoms with Gasteiger partial charge in [0.2, 0.25) is 0 Å². The molecule has 0 radical (unpaired) electrons. The fourth-order valence-corrected chi connectivity index (χ4v) is 5.64. The number of methoxy groups -OCH3 is 1. The van der Waals surface area contributed by atoms with Crippen LogP contribution in [0.1, 0.15) is 30.4 Å². The number of benzene rings is 1. The number of ketones is 1. The molecule has 22 heavy (non-hydrogen) atoms. The van der Waals surface area contributed by atoms with Crippen LogP contribution in [0.5, 0.6) is 11.5 Å². The van der Waals surface area contributed by atoms with Crippen LogP contribution in [0.2, 0.25) is 0 Å². The van der Waals surface area contributed by atoms with E-state index in [0.29, 0.717) is 18.2 Å². The number of likely N-dealkylation sites (tertiary alicyclic amines) is 1. The first-order chi connectivity index (χ1) is 10.7. The number of likely N-dealkylation sites (N-methyl/N-ethyl adjacent to an activating group) is 1. The molecule has 1 saturated heterocycles. The van der Waals surface area contributed by atoms with Crippen molar-refractivity contribution in [3.63, 3.8) is 0 Å². The lowest BCUT2D eigenvalue weighted by Gasteiger charge is -2.56. The average Bonchev–Trinajstić information content (AvgIpc) is 2.86. The zero-order valence-corrected chi connectivity index (χ0v) is 13.1. The summed E-state index contributed by atoms with van der Waals surface area (Å²) in [5.74, 6) is 2.29. The first-order valence-corrected chi connectivity index (χ1v) is 8.27. The number of hydrogen-bond donors (Lipinski definition) is 0. The molecule has 1 spiro atoms. The molecule has 0 N–H and O–H groups in total. The molecule has 116 valence electrons. The third-order valence-corrected chi connectivity index (χ3v) is 6.54. The summed E-state index contributed by atoms with van der Waals surface area (Å²) in [5.41, 5.74) is 2.57. The van der Waals surface area contributed by atoms with Crippen molar-refractivity contribution in [2.24, 2.45) is 5.92 Å². The highest BCUT2D eigenvalue weighted by Gasteiger charge is 2.65. The molecule has 0 unspecified atom stereocenters. The Bertz CT molecular complexity index is 685. The summed E-state index contributed by atoms with van der Waals surface area (Å²) in [4.78, 5) is 15.2. The third-order valence-electron chi connectivity index (χ3n) is 6.54. The second kappa shape index (κ2) is 4.05. The minimum Gasteiger partial charge on any atom is -0.493 e. The van der Waals surface area contributed by atoms with Crippen LogP contribution in [0.15, 0.2) is 12.1 Å². The minimum atomic E-state index is -0.0933. The van der Waals surface area contributed by atoms with Gasteiger partial charge in [0.15, 0.2) is 11.5 Å². The van der Waals surface area contributed by atoms with Crippen molar-refractivity contribution >= 4 is 5.78 Å². The van der Waals surface area contributed by atoms with Crippen LogP contribution in [0.4, 0.5) is 0 Å². The monoisotopic (exact) mass is 299 g/mol. The number of nitrogens with zero attached hydrogens (tertiary/aromatic N) is 1. The van der Waals surface area contributed by atoms with Gasteiger partial charge in [-0.3, -0.25) is 4.79 Å². The summed E-state index contributed by atoms with van der Waals surface area (Å²) in [6, 6.07) is 4.55. The first-order valence-electron chi connectivity index (χ1n) is 8.27. The van der Waals surface area contributed by atoms with Crippen LogP contribution in [0.25, 0.3) is 0 Å². The van der Waals surface area contributed by atoms with E-state index < -0.39 is 0 Å². The Balaban J connectivity index is 1.82. The molecule has 2 fully saturated rings. The van der Waals surface area contributed by atoms with E-state index in [9.17, 15) is 4.79 Å². The molecule has 4 aliphatic rings. The van der Waals surface area contributed by atoms with Crippen LogP contribution in [0, 0.1) is 5.92 Å². The molecule has 2 aliphatic heterocycles. The van der Waals surface area contributed by atoms with Crippen LogP contribution in [0.3, 0.4) is 0 Å². The quantitative estimate of drug-likeness (QED) is 0.794. The standard InChI is InChI=1S/C18H21NO3/c1-19-8-7-18-14-6-4-12(20)16(18)11(19)9-10-3-5-13(21-2)17(22-14)15(10)18/h3,5,11,14,16H,4,6-9H2,1-2H3/t11-,14+,16-,18+/m1/s1. The maximum atomic E-state index is 12.8. The maximum Gasteiger partial charge on any atom is 0.165 e. The third kappa shape index (κ3) is 1.27. The van der Waals surface area contributed by atoms with Crippen LogP contribution < -0.4 is 9.47 Å². The predicted molar refractivity (Wildman–Crippen MR) is 81.6 cm³/mol. The Kier molecular flexibility index (Phi) is 2.38. The van der Waals surface area contributed by atoms with Crippen LogP contribution in [-0.2, 0) is 16.6 Å². The van der Waals surface area contributed by atoms with E-state index in [1.807, 2.05) is 6.07 Å². The van der Waals surface area contributed by atoms with Crippen molar-refractivity contribution in [1.82, 2.24) is 4.90 Å². The smallest absolute Gasteiger partial charge is 0.165 e. The summed E-state index contributed by atoms with van der Waals surface area (Å²) >= 11 is 0. The minimum absolute atomic E-state index is 0.0933. The lowest BCUT2D eigenvalue weighted by molar-refractivity contribution is -0.139. The Morgan fingerprint density at radius 2 is 2.27 bits per heavy atom. The lowest BCUT2D eigenvalue weighted by atomic mass is 9.51. The van der Waals surface area contributed by atoms with Gasteiger partial charge in [-0.2, -0.15) is 0 Å². The molecule has 0 amide bonds. The lowest BCUT2D eigenvalue weighted by Crippen LogP contribution is -2.66. The van der Waals surface area contributed by atoms with Gasteiger partial charge in [-0.25, -0.2) is 0 Å². The molecule has 1 aromatic carbocycles. The van der Waals surface area contributed by atoms with Crippen molar-refractivity contribution < 1.29 is 14.3 Å². The molecule has 4 atom stereocenters. The number of Topliss-reactive ketones (excluding diaryl/α,β-unsaturated/α-hetero) is 1. The topological polar surface area (TPSA) is 38.8 Å². The predicted octanol–water partition coefficient (Wildman–Crippen LogP) is 1.93. The molecule has 0 aromatic heterocycles. The number of rotatable bonds is 1. The molecular weight excluding hydrogens is 278 g/mol. The van der Waals surface area contributed by atoms with E-state index in [1.54, 1.807) is 7.11 Å². The Morgan fingerprint density at radius 1 is 1.41 bits per heavy atom. The zero-order valence-electron chi connectivity index (χ0n) is 13.1. The SMILES string of the molecule is COc1ccc2c3c1O[C@H]1CCC(=O)[C@H]4[C@@H](C2)N(C)CC[C@@]314. The molecule has 1 saturated carbocycles. The molecule has 5 rings (SSSR count). The van der Waals surface area contributed by atoms with E-state index in [4.69, 9.17) is 9.47 Å². The van der Waals surface area contributed by atoms with Gasteiger partial charge in [0, 0.05) is 29.4 Å². The average molecular weight is 299 g/mol. The fourth-order valence-electron chi connectivity index (χ4n) is 5.64. The normalized spacial score (nSPS) is 38.5. The van der Waals surface area contributed by atoms with Gasteiger partial charge in [0.1, 0.15) is 11.9 Å². The van der Waals surface area contributed by atoms with E-state index in [-0.39, 0.29) is 17.4 Å². The number of ether oxygens (including phenoxy) is 2. The van der Waals surface area contributed by atoms with Gasteiger partial charge >= 0.3 is 0 Å². The molecule has 2 bridgehead atoms. The van der Waals surface area contributed by atoms with Gasteiger partial charge < -0.3 is 14.4 Å². The summed E-state index contributed by atoms with van der Waals surface area (Å²) < 4.78 is 11.9. The molecule has 1 aromatic rings. The molecule has 2 aliphatic carbocycles. The second-order valence-electron chi connectivity index (χ2n) is 7.26. The Labute approximate surface area is 130 Å². The summed E-state index contributed by atoms with van der Waals surface area (Å²) in [7, 11) is 3.86. The maximum absolute atomic E-state index is 12.8. The Morgan fingerprint density at radius 3 is 3.09 bits per heavy atom. The highest BCUT2D eigenvalue weighted by molar-refractivity contribution is 5.87. The highest BCUT2D eigenvalue weighted by atomic mass is 16.5. The van der Waals surface area contributed by atoms with Crippen molar-refractivity contribution in [3.8, 4) is 11.5 Å².